The molecule has 0 bridgehead atoms. The molecular weight excluding hydrogens is 444 g/mol. The summed E-state index contributed by atoms with van der Waals surface area (Å²) in [6.45, 7) is 0.770. The summed E-state index contributed by atoms with van der Waals surface area (Å²) >= 11 is 0. The largest absolute Gasteiger partial charge is 0.469 e. The fraction of sp³-hybridized carbons (Fsp3) is 0.357. The molecule has 2 aromatic carbocycles. The zero-order valence-corrected chi connectivity index (χ0v) is 19.6. The molecular formula is C28H30N2O5. The summed E-state index contributed by atoms with van der Waals surface area (Å²) in [5.41, 5.74) is 1.79. The van der Waals surface area contributed by atoms with Gasteiger partial charge in [-0.25, -0.2) is 0 Å². The molecule has 0 spiro atoms. The molecule has 2 amide bonds. The van der Waals surface area contributed by atoms with Gasteiger partial charge < -0.3 is 24.5 Å². The topological polar surface area (TPSA) is 89.8 Å². The zero-order chi connectivity index (χ0) is 24.1. The third-order valence-corrected chi connectivity index (χ3v) is 6.89. The lowest BCUT2D eigenvalue weighted by Gasteiger charge is -2.29. The molecule has 2 N–H and O–H groups in total. The van der Waals surface area contributed by atoms with Crippen LogP contribution in [-0.2, 0) is 16.0 Å². The van der Waals surface area contributed by atoms with E-state index in [1.54, 1.807) is 6.26 Å². The van der Waals surface area contributed by atoms with Crippen LogP contribution in [0.3, 0.4) is 0 Å². The van der Waals surface area contributed by atoms with Crippen molar-refractivity contribution in [1.82, 2.24) is 10.6 Å². The van der Waals surface area contributed by atoms with Gasteiger partial charge in [0.2, 0.25) is 18.6 Å². The van der Waals surface area contributed by atoms with Gasteiger partial charge in [0.25, 0.3) is 0 Å². The first-order chi connectivity index (χ1) is 17.1. The van der Waals surface area contributed by atoms with Crippen molar-refractivity contribution in [3.63, 3.8) is 0 Å². The van der Waals surface area contributed by atoms with Crippen LogP contribution < -0.4 is 20.1 Å². The Hall–Kier alpha value is -3.74. The Labute approximate surface area is 204 Å². The molecule has 2 unspecified atom stereocenters. The van der Waals surface area contributed by atoms with Gasteiger partial charge in [-0.2, -0.15) is 0 Å². The number of ether oxygens (including phenoxy) is 2. The molecule has 182 valence electrons. The quantitative estimate of drug-likeness (QED) is 0.457. The summed E-state index contributed by atoms with van der Waals surface area (Å²) in [5.74, 6) is 2.46. The smallest absolute Gasteiger partial charge is 0.231 e. The second-order valence-electron chi connectivity index (χ2n) is 9.31. The van der Waals surface area contributed by atoms with Crippen LogP contribution in [0, 0.1) is 0 Å². The number of hydrogen-bond acceptors (Lipinski definition) is 5. The van der Waals surface area contributed by atoms with Gasteiger partial charge >= 0.3 is 0 Å². The van der Waals surface area contributed by atoms with Crippen LogP contribution in [0.1, 0.15) is 54.9 Å². The molecule has 7 heteroatoms. The van der Waals surface area contributed by atoms with Crippen LogP contribution >= 0.6 is 0 Å². The normalized spacial score (nSPS) is 19.4. The van der Waals surface area contributed by atoms with E-state index in [1.165, 1.54) is 0 Å². The van der Waals surface area contributed by atoms with E-state index in [-0.39, 0.29) is 24.5 Å². The summed E-state index contributed by atoms with van der Waals surface area (Å²) in [6.07, 6.45) is 5.19. The highest BCUT2D eigenvalue weighted by Crippen LogP contribution is 2.36. The molecule has 1 saturated heterocycles. The third-order valence-electron chi connectivity index (χ3n) is 6.89. The number of hydrogen-bond donors (Lipinski definition) is 2. The van der Waals surface area contributed by atoms with Gasteiger partial charge in [-0.3, -0.25) is 9.59 Å². The van der Waals surface area contributed by atoms with Crippen molar-refractivity contribution >= 4 is 11.8 Å². The van der Waals surface area contributed by atoms with E-state index in [0.717, 1.165) is 34.8 Å². The molecule has 35 heavy (non-hydrogen) atoms. The van der Waals surface area contributed by atoms with Crippen LogP contribution in [0.4, 0.5) is 0 Å². The minimum atomic E-state index is -0.428. The van der Waals surface area contributed by atoms with Gasteiger partial charge in [0.05, 0.1) is 6.26 Å². The van der Waals surface area contributed by atoms with Crippen molar-refractivity contribution in [1.29, 1.82) is 0 Å². The predicted octanol–water partition coefficient (Wildman–Crippen LogP) is 4.32. The third kappa shape index (κ3) is 5.50. The van der Waals surface area contributed by atoms with E-state index < -0.39 is 5.54 Å². The minimum Gasteiger partial charge on any atom is -0.469 e. The number of rotatable bonds is 10. The number of amides is 2. The summed E-state index contributed by atoms with van der Waals surface area (Å²) in [4.78, 5) is 24.9. The number of fused-ring (bicyclic) bond motifs is 1. The van der Waals surface area contributed by atoms with E-state index in [1.807, 2.05) is 48.5 Å². The summed E-state index contributed by atoms with van der Waals surface area (Å²) in [7, 11) is 0. The van der Waals surface area contributed by atoms with Gasteiger partial charge in [-0.1, -0.05) is 36.4 Å². The monoisotopic (exact) mass is 474 g/mol. The SMILES string of the molecule is O=C(CCC1(Cc2ccc3c(c2)OCO3)CCC(=O)N1)NCCC(c1ccccc1)c1ccco1. The van der Waals surface area contributed by atoms with Gasteiger partial charge in [0, 0.05) is 30.8 Å². The molecule has 1 aromatic heterocycles. The Morgan fingerprint density at radius 1 is 1.06 bits per heavy atom. The fourth-order valence-corrected chi connectivity index (χ4v) is 5.07. The Morgan fingerprint density at radius 2 is 1.91 bits per heavy atom. The predicted molar refractivity (Wildman–Crippen MR) is 130 cm³/mol. The average molecular weight is 475 g/mol. The van der Waals surface area contributed by atoms with Crippen LogP contribution in [0.2, 0.25) is 0 Å². The molecule has 5 rings (SSSR count). The Kier molecular flexibility index (Phi) is 6.75. The van der Waals surface area contributed by atoms with Crippen molar-refractivity contribution in [2.75, 3.05) is 13.3 Å². The fourth-order valence-electron chi connectivity index (χ4n) is 5.07. The highest BCUT2D eigenvalue weighted by atomic mass is 16.7. The Balaban J connectivity index is 1.17. The van der Waals surface area contributed by atoms with E-state index in [9.17, 15) is 9.59 Å². The van der Waals surface area contributed by atoms with E-state index >= 15 is 0 Å². The number of nitrogens with one attached hydrogen (secondary N) is 2. The molecule has 1 fully saturated rings. The lowest BCUT2D eigenvalue weighted by atomic mass is 9.85. The number of carbonyl (C=O) groups is 2. The first kappa shape index (κ1) is 23.0. The number of benzene rings is 2. The van der Waals surface area contributed by atoms with Crippen molar-refractivity contribution in [3.05, 3.63) is 83.8 Å². The summed E-state index contributed by atoms with van der Waals surface area (Å²) in [5, 5.41) is 6.22. The maximum absolute atomic E-state index is 12.8. The highest BCUT2D eigenvalue weighted by molar-refractivity contribution is 5.80. The first-order valence-corrected chi connectivity index (χ1v) is 12.1. The maximum Gasteiger partial charge on any atom is 0.231 e. The molecule has 0 aliphatic carbocycles. The van der Waals surface area contributed by atoms with E-state index in [2.05, 4.69) is 22.8 Å². The van der Waals surface area contributed by atoms with Crippen LogP contribution in [0.15, 0.2) is 71.3 Å². The molecule has 0 radical (unpaired) electrons. The molecule has 2 aliphatic heterocycles. The molecule has 7 nitrogen and oxygen atoms in total. The van der Waals surface area contributed by atoms with Crippen LogP contribution in [0.25, 0.3) is 0 Å². The molecule has 0 saturated carbocycles. The van der Waals surface area contributed by atoms with Gasteiger partial charge in [-0.15, -0.1) is 0 Å². The van der Waals surface area contributed by atoms with Crippen molar-refractivity contribution in [3.8, 4) is 11.5 Å². The van der Waals surface area contributed by atoms with Crippen LogP contribution in [-0.4, -0.2) is 30.7 Å². The van der Waals surface area contributed by atoms with Crippen molar-refractivity contribution < 1.29 is 23.5 Å². The Morgan fingerprint density at radius 3 is 2.69 bits per heavy atom. The second kappa shape index (κ2) is 10.3. The lowest BCUT2D eigenvalue weighted by molar-refractivity contribution is -0.122. The molecule has 3 heterocycles. The van der Waals surface area contributed by atoms with Gasteiger partial charge in [0.1, 0.15) is 5.76 Å². The second-order valence-corrected chi connectivity index (χ2v) is 9.31. The zero-order valence-electron chi connectivity index (χ0n) is 19.6. The summed E-state index contributed by atoms with van der Waals surface area (Å²) < 4.78 is 16.6. The summed E-state index contributed by atoms with van der Waals surface area (Å²) in [6, 6.07) is 19.9. The van der Waals surface area contributed by atoms with E-state index in [4.69, 9.17) is 13.9 Å². The minimum absolute atomic E-state index is 0.0116. The van der Waals surface area contributed by atoms with Gasteiger partial charge in [-0.05, 0) is 61.1 Å². The highest BCUT2D eigenvalue weighted by Gasteiger charge is 2.38. The number of furan rings is 1. The molecule has 2 atom stereocenters. The first-order valence-electron chi connectivity index (χ1n) is 12.1. The Bertz CT molecular complexity index is 1160. The lowest BCUT2D eigenvalue weighted by Crippen LogP contribution is -2.44. The van der Waals surface area contributed by atoms with Crippen molar-refractivity contribution in [2.24, 2.45) is 0 Å². The van der Waals surface area contributed by atoms with Gasteiger partial charge in [0.15, 0.2) is 11.5 Å². The van der Waals surface area contributed by atoms with Crippen LogP contribution in [0.5, 0.6) is 11.5 Å². The average Bonchev–Trinajstić information content (AvgIpc) is 3.63. The standard InChI is InChI=1S/C28H30N2O5/c31-26(29-15-12-22(23-7-4-16-33-23)21-5-2-1-3-6-21)10-13-28(14-11-27(32)30-28)18-20-8-9-24-25(17-20)35-19-34-24/h1-9,16-17,22H,10-15,18-19H2,(H,29,31)(H,30,32). The van der Waals surface area contributed by atoms with Crippen molar-refractivity contribution in [2.45, 2.75) is 50.0 Å². The number of carbonyl (C=O) groups excluding carboxylic acids is 2. The van der Waals surface area contributed by atoms with E-state index in [0.29, 0.717) is 38.6 Å². The maximum atomic E-state index is 12.8. The molecule has 2 aliphatic rings. The molecule has 3 aromatic rings.